The number of fused-ring (bicyclic) bond motifs is 1. The van der Waals surface area contributed by atoms with E-state index in [0.29, 0.717) is 27.9 Å². The molecule has 1 amide bonds. The van der Waals surface area contributed by atoms with Crippen molar-refractivity contribution >= 4 is 26.8 Å². The lowest BCUT2D eigenvalue weighted by Gasteiger charge is -2.15. The number of rotatable bonds is 7. The van der Waals surface area contributed by atoms with Crippen molar-refractivity contribution < 1.29 is 23.1 Å². The summed E-state index contributed by atoms with van der Waals surface area (Å²) < 4.78 is 33.8. The van der Waals surface area contributed by atoms with Gasteiger partial charge in [-0.1, -0.05) is 24.6 Å². The van der Waals surface area contributed by atoms with Crippen molar-refractivity contribution in [1.82, 2.24) is 9.29 Å². The molecule has 0 spiro atoms. The Labute approximate surface area is 181 Å². The normalized spacial score (nSPS) is 15.1. The van der Waals surface area contributed by atoms with E-state index >= 15 is 0 Å². The van der Waals surface area contributed by atoms with Gasteiger partial charge in [-0.3, -0.25) is 4.79 Å². The molecular formula is C23H26N2O5S. The summed E-state index contributed by atoms with van der Waals surface area (Å²) >= 11 is 0. The number of hydrogen-bond acceptors (Lipinski definition) is 5. The summed E-state index contributed by atoms with van der Waals surface area (Å²) in [5.74, 6) is 0.320. The summed E-state index contributed by atoms with van der Waals surface area (Å²) in [4.78, 5) is 12.6. The number of methoxy groups -OCH3 is 1. The second-order valence-electron chi connectivity index (χ2n) is 8.34. The number of nitrogens with one attached hydrogen (secondary N) is 1. The van der Waals surface area contributed by atoms with Crippen LogP contribution in [0.3, 0.4) is 0 Å². The highest BCUT2D eigenvalue weighted by Crippen LogP contribution is 2.45. The largest absolute Gasteiger partial charge is 0.496 e. The lowest BCUT2D eigenvalue weighted by Crippen LogP contribution is -2.31. The van der Waals surface area contributed by atoms with Crippen molar-refractivity contribution in [3.63, 3.8) is 0 Å². The van der Waals surface area contributed by atoms with Crippen molar-refractivity contribution in [2.45, 2.75) is 44.7 Å². The highest BCUT2D eigenvalue weighted by atomic mass is 32.2. The molecule has 0 unspecified atom stereocenters. The van der Waals surface area contributed by atoms with E-state index in [2.05, 4.69) is 5.32 Å². The quantitative estimate of drug-likeness (QED) is 0.586. The fourth-order valence-corrected chi connectivity index (χ4v) is 5.19. The minimum atomic E-state index is -3.93. The highest BCUT2D eigenvalue weighted by Gasteiger charge is 2.44. The Kier molecular flexibility index (Phi) is 5.31. The Hall–Kier alpha value is -2.84. The molecule has 1 aliphatic rings. The molecule has 3 aromatic rings. The number of nitrogens with zero attached hydrogens (tertiary/aromatic N) is 1. The zero-order valence-corrected chi connectivity index (χ0v) is 18.6. The molecule has 4 rings (SSSR count). The fourth-order valence-electron chi connectivity index (χ4n) is 3.65. The van der Waals surface area contributed by atoms with E-state index in [1.54, 1.807) is 42.5 Å². The monoisotopic (exact) mass is 442 g/mol. The van der Waals surface area contributed by atoms with Crippen molar-refractivity contribution in [3.8, 4) is 5.75 Å². The van der Waals surface area contributed by atoms with Gasteiger partial charge in [0.2, 0.25) is 5.91 Å². The van der Waals surface area contributed by atoms with E-state index in [-0.39, 0.29) is 29.4 Å². The average Bonchev–Trinajstić information content (AvgIpc) is 3.40. The molecule has 31 heavy (non-hydrogen) atoms. The Bertz CT molecular complexity index is 1260. The van der Waals surface area contributed by atoms with Crippen LogP contribution in [0, 0.1) is 12.3 Å². The number of carbonyl (C=O) groups is 1. The van der Waals surface area contributed by atoms with Crippen LogP contribution in [-0.4, -0.2) is 30.5 Å². The molecule has 2 aromatic carbocycles. The number of aliphatic hydroxyl groups excluding tert-OH is 1. The Balaban J connectivity index is 1.86. The molecule has 1 fully saturated rings. The summed E-state index contributed by atoms with van der Waals surface area (Å²) in [5.41, 5.74) is 2.01. The molecule has 1 aromatic heterocycles. The molecule has 8 heteroatoms. The van der Waals surface area contributed by atoms with Gasteiger partial charge in [-0.15, -0.1) is 0 Å². The van der Waals surface area contributed by atoms with E-state index in [0.717, 1.165) is 18.4 Å². The van der Waals surface area contributed by atoms with Crippen molar-refractivity contribution in [2.24, 2.45) is 5.41 Å². The third-order valence-corrected chi connectivity index (χ3v) is 7.72. The predicted octanol–water partition coefficient (Wildman–Crippen LogP) is 3.10. The van der Waals surface area contributed by atoms with E-state index in [1.165, 1.54) is 11.1 Å². The Morgan fingerprint density at radius 1 is 1.19 bits per heavy atom. The van der Waals surface area contributed by atoms with Gasteiger partial charge < -0.3 is 15.2 Å². The minimum Gasteiger partial charge on any atom is -0.496 e. The molecule has 1 aliphatic carbocycles. The Morgan fingerprint density at radius 2 is 1.87 bits per heavy atom. The molecular weight excluding hydrogens is 416 g/mol. The lowest BCUT2D eigenvalue weighted by molar-refractivity contribution is -0.125. The van der Waals surface area contributed by atoms with Crippen LogP contribution in [0.5, 0.6) is 5.75 Å². The maximum absolute atomic E-state index is 13.6. The number of aromatic nitrogens is 1. The number of carbonyl (C=O) groups excluding carboxylic acids is 1. The number of hydrogen-bond donors (Lipinski definition) is 2. The topological polar surface area (TPSA) is 97.6 Å². The molecule has 2 N–H and O–H groups in total. The molecule has 0 aliphatic heterocycles. The minimum absolute atomic E-state index is 0.0744. The molecule has 1 heterocycles. The zero-order valence-electron chi connectivity index (χ0n) is 17.8. The van der Waals surface area contributed by atoms with E-state index < -0.39 is 10.0 Å². The van der Waals surface area contributed by atoms with Crippen LogP contribution in [0.15, 0.2) is 47.4 Å². The van der Waals surface area contributed by atoms with Gasteiger partial charge in [0.25, 0.3) is 10.0 Å². The Morgan fingerprint density at radius 3 is 2.45 bits per heavy atom. The first-order valence-corrected chi connectivity index (χ1v) is 11.6. The maximum Gasteiger partial charge on any atom is 0.268 e. The summed E-state index contributed by atoms with van der Waals surface area (Å²) in [6.07, 6.45) is 1.67. The van der Waals surface area contributed by atoms with E-state index in [4.69, 9.17) is 4.74 Å². The number of amides is 1. The maximum atomic E-state index is 13.6. The first-order chi connectivity index (χ1) is 14.7. The van der Waals surface area contributed by atoms with Crippen LogP contribution in [0.2, 0.25) is 0 Å². The predicted molar refractivity (Wildman–Crippen MR) is 117 cm³/mol. The third-order valence-electron chi connectivity index (χ3n) is 5.94. The number of aryl methyl sites for hydroxylation is 1. The SMILES string of the molecule is COc1cc2c(cc1CO)cc(CNC(=O)C1(C)CC1)n2S(=O)(=O)c1ccc(C)cc1. The molecule has 0 saturated heterocycles. The van der Waals surface area contributed by atoms with Gasteiger partial charge in [-0.05, 0) is 44.0 Å². The molecule has 0 atom stereocenters. The van der Waals surface area contributed by atoms with Crippen LogP contribution in [0.4, 0.5) is 0 Å². The van der Waals surface area contributed by atoms with Gasteiger partial charge in [0.05, 0.1) is 36.4 Å². The van der Waals surface area contributed by atoms with Gasteiger partial charge in [-0.25, -0.2) is 12.4 Å². The summed E-state index contributed by atoms with van der Waals surface area (Å²) in [7, 11) is -2.46. The molecule has 1 saturated carbocycles. The second kappa shape index (κ2) is 7.69. The second-order valence-corrected chi connectivity index (χ2v) is 10.1. The van der Waals surface area contributed by atoms with Gasteiger partial charge in [-0.2, -0.15) is 0 Å². The van der Waals surface area contributed by atoms with Crippen LogP contribution in [0.25, 0.3) is 10.9 Å². The molecule has 0 bridgehead atoms. The zero-order chi connectivity index (χ0) is 22.4. The third kappa shape index (κ3) is 3.81. The van der Waals surface area contributed by atoms with Gasteiger partial charge >= 0.3 is 0 Å². The van der Waals surface area contributed by atoms with Crippen LogP contribution in [-0.2, 0) is 28.0 Å². The smallest absolute Gasteiger partial charge is 0.268 e. The summed E-state index contributed by atoms with van der Waals surface area (Å²) in [5, 5.41) is 13.2. The highest BCUT2D eigenvalue weighted by molar-refractivity contribution is 7.90. The van der Waals surface area contributed by atoms with Gasteiger partial charge in [0.1, 0.15) is 5.75 Å². The average molecular weight is 443 g/mol. The molecule has 7 nitrogen and oxygen atoms in total. The molecule has 0 radical (unpaired) electrons. The molecule has 164 valence electrons. The van der Waals surface area contributed by atoms with Crippen molar-refractivity contribution in [3.05, 3.63) is 59.3 Å². The summed E-state index contributed by atoms with van der Waals surface area (Å²) in [6, 6.07) is 11.7. The standard InChI is InChI=1S/C23H26N2O5S/c1-15-4-6-19(7-5-15)31(28,29)25-18(13-24-22(27)23(2)8-9-23)11-16-10-17(14-26)21(30-3)12-20(16)25/h4-7,10-12,26H,8-9,13-14H2,1-3H3,(H,24,27). The first-order valence-electron chi connectivity index (χ1n) is 10.1. The van der Waals surface area contributed by atoms with Crippen molar-refractivity contribution in [2.75, 3.05) is 7.11 Å². The van der Waals surface area contributed by atoms with Crippen molar-refractivity contribution in [1.29, 1.82) is 0 Å². The van der Waals surface area contributed by atoms with E-state index in [1.807, 2.05) is 13.8 Å². The van der Waals surface area contributed by atoms with Crippen LogP contribution >= 0.6 is 0 Å². The van der Waals surface area contributed by atoms with E-state index in [9.17, 15) is 18.3 Å². The number of aliphatic hydroxyl groups is 1. The van der Waals surface area contributed by atoms with Crippen LogP contribution in [0.1, 0.15) is 36.6 Å². The lowest BCUT2D eigenvalue weighted by atomic mass is 10.1. The first kappa shape index (κ1) is 21.4. The summed E-state index contributed by atoms with van der Waals surface area (Å²) in [6.45, 7) is 3.63. The number of ether oxygens (including phenoxy) is 1. The number of benzene rings is 2. The fraction of sp³-hybridized carbons (Fsp3) is 0.348. The van der Waals surface area contributed by atoms with Gasteiger partial charge in [0, 0.05) is 22.4 Å². The van der Waals surface area contributed by atoms with Crippen LogP contribution < -0.4 is 10.1 Å². The van der Waals surface area contributed by atoms with Gasteiger partial charge in [0.15, 0.2) is 0 Å².